The SMILES string of the molecule is CC(=O)NCc1ccc(-c2csc(NC(=O)[C@@H](C)Sc3ccccc3)n2)o1. The first-order chi connectivity index (χ1) is 13.0. The average Bonchev–Trinajstić information content (AvgIpc) is 3.30. The Hall–Kier alpha value is -2.58. The van der Waals surface area contributed by atoms with Gasteiger partial charge in [-0.3, -0.25) is 9.59 Å². The normalized spacial score (nSPS) is 11.8. The number of thioether (sulfide) groups is 1. The van der Waals surface area contributed by atoms with E-state index in [2.05, 4.69) is 15.6 Å². The smallest absolute Gasteiger partial charge is 0.239 e. The van der Waals surface area contributed by atoms with E-state index in [4.69, 9.17) is 4.42 Å². The van der Waals surface area contributed by atoms with Crippen LogP contribution in [0.5, 0.6) is 0 Å². The lowest BCUT2D eigenvalue weighted by Gasteiger charge is -2.10. The highest BCUT2D eigenvalue weighted by Gasteiger charge is 2.17. The van der Waals surface area contributed by atoms with E-state index in [1.807, 2.05) is 42.6 Å². The summed E-state index contributed by atoms with van der Waals surface area (Å²) in [6.07, 6.45) is 0. The van der Waals surface area contributed by atoms with Crippen molar-refractivity contribution >= 4 is 40.0 Å². The van der Waals surface area contributed by atoms with Crippen molar-refractivity contribution in [2.45, 2.75) is 30.5 Å². The number of carbonyl (C=O) groups is 2. The van der Waals surface area contributed by atoms with Crippen molar-refractivity contribution in [2.24, 2.45) is 0 Å². The van der Waals surface area contributed by atoms with Gasteiger partial charge in [-0.05, 0) is 31.2 Å². The highest BCUT2D eigenvalue weighted by molar-refractivity contribution is 8.00. The molecule has 2 aromatic heterocycles. The van der Waals surface area contributed by atoms with E-state index < -0.39 is 0 Å². The van der Waals surface area contributed by atoms with Crippen LogP contribution in [0.25, 0.3) is 11.5 Å². The average molecular weight is 402 g/mol. The van der Waals surface area contributed by atoms with Crippen LogP contribution in [-0.4, -0.2) is 22.0 Å². The molecule has 0 bridgehead atoms. The summed E-state index contributed by atoms with van der Waals surface area (Å²) in [6, 6.07) is 13.4. The lowest BCUT2D eigenvalue weighted by atomic mass is 10.3. The van der Waals surface area contributed by atoms with Gasteiger partial charge in [0, 0.05) is 17.2 Å². The van der Waals surface area contributed by atoms with Gasteiger partial charge >= 0.3 is 0 Å². The molecule has 0 unspecified atom stereocenters. The van der Waals surface area contributed by atoms with E-state index in [0.717, 1.165) is 4.90 Å². The molecule has 0 fully saturated rings. The molecule has 0 aliphatic heterocycles. The molecule has 3 rings (SSSR count). The number of nitrogens with zero attached hydrogens (tertiary/aromatic N) is 1. The first kappa shape index (κ1) is 19.2. The molecule has 1 aromatic carbocycles. The standard InChI is InChI=1S/C19H19N3O3S2/c1-12(27-15-6-4-3-5-7-15)18(24)22-19-21-16(11-26-19)17-9-8-14(25-17)10-20-13(2)23/h3-9,11-12H,10H2,1-2H3,(H,20,23)(H,21,22,24)/t12-/m1/s1. The van der Waals surface area contributed by atoms with Crippen LogP contribution in [0.3, 0.4) is 0 Å². The number of amides is 2. The monoisotopic (exact) mass is 401 g/mol. The summed E-state index contributed by atoms with van der Waals surface area (Å²) in [7, 11) is 0. The van der Waals surface area contributed by atoms with Gasteiger partial charge in [0.15, 0.2) is 10.9 Å². The third kappa shape index (κ3) is 5.45. The van der Waals surface area contributed by atoms with Crippen LogP contribution in [0.15, 0.2) is 57.2 Å². The van der Waals surface area contributed by atoms with Gasteiger partial charge in [0.05, 0.1) is 11.8 Å². The summed E-state index contributed by atoms with van der Waals surface area (Å²) >= 11 is 2.84. The van der Waals surface area contributed by atoms with E-state index in [9.17, 15) is 9.59 Å². The number of thiazole rings is 1. The maximum Gasteiger partial charge on any atom is 0.239 e. The summed E-state index contributed by atoms with van der Waals surface area (Å²) in [5.74, 6) is 1.02. The number of aromatic nitrogens is 1. The van der Waals surface area contributed by atoms with E-state index in [1.54, 1.807) is 12.1 Å². The number of furan rings is 1. The predicted octanol–water partition coefficient (Wildman–Crippen LogP) is 4.16. The van der Waals surface area contributed by atoms with Crippen LogP contribution < -0.4 is 10.6 Å². The largest absolute Gasteiger partial charge is 0.458 e. The third-order valence-corrected chi connectivity index (χ3v) is 5.45. The summed E-state index contributed by atoms with van der Waals surface area (Å²) in [4.78, 5) is 28.8. The molecular formula is C19H19N3O3S2. The molecule has 1 atom stereocenters. The van der Waals surface area contributed by atoms with E-state index in [-0.39, 0.29) is 17.1 Å². The molecule has 0 saturated heterocycles. The third-order valence-electron chi connectivity index (χ3n) is 3.59. The van der Waals surface area contributed by atoms with Crippen LogP contribution in [0.2, 0.25) is 0 Å². The summed E-state index contributed by atoms with van der Waals surface area (Å²) in [5.41, 5.74) is 0.646. The van der Waals surface area contributed by atoms with Crippen LogP contribution in [0, 0.1) is 0 Å². The van der Waals surface area contributed by atoms with Gasteiger partial charge in [-0.15, -0.1) is 23.1 Å². The molecule has 0 radical (unpaired) electrons. The Bertz CT molecular complexity index is 921. The molecule has 2 heterocycles. The fourth-order valence-corrected chi connectivity index (χ4v) is 3.82. The van der Waals surface area contributed by atoms with Crippen LogP contribution in [-0.2, 0) is 16.1 Å². The van der Waals surface area contributed by atoms with Crippen molar-refractivity contribution in [1.82, 2.24) is 10.3 Å². The maximum atomic E-state index is 12.4. The summed E-state index contributed by atoms with van der Waals surface area (Å²) in [5, 5.41) is 7.63. The van der Waals surface area contributed by atoms with Crippen LogP contribution in [0.4, 0.5) is 5.13 Å². The molecule has 6 nitrogen and oxygen atoms in total. The van der Waals surface area contributed by atoms with Gasteiger partial charge in [-0.1, -0.05) is 18.2 Å². The Labute approximate surface area is 165 Å². The number of anilines is 1. The quantitative estimate of drug-likeness (QED) is 0.581. The lowest BCUT2D eigenvalue weighted by molar-refractivity contribution is -0.119. The minimum absolute atomic E-state index is 0.101. The number of rotatable bonds is 7. The Morgan fingerprint density at radius 2 is 2.00 bits per heavy atom. The van der Waals surface area contributed by atoms with Crippen molar-refractivity contribution < 1.29 is 14.0 Å². The van der Waals surface area contributed by atoms with E-state index >= 15 is 0 Å². The molecule has 8 heteroatoms. The van der Waals surface area contributed by atoms with Crippen molar-refractivity contribution in [3.63, 3.8) is 0 Å². The van der Waals surface area contributed by atoms with Gasteiger partial charge in [0.2, 0.25) is 11.8 Å². The number of hydrogen-bond acceptors (Lipinski definition) is 6. The second-order valence-electron chi connectivity index (χ2n) is 5.78. The number of carbonyl (C=O) groups excluding carboxylic acids is 2. The molecule has 0 saturated carbocycles. The second-order valence-corrected chi connectivity index (χ2v) is 8.05. The van der Waals surface area contributed by atoms with Gasteiger partial charge in [0.1, 0.15) is 11.5 Å². The Balaban J connectivity index is 1.59. The molecular weight excluding hydrogens is 382 g/mol. The highest BCUT2D eigenvalue weighted by atomic mass is 32.2. The van der Waals surface area contributed by atoms with Crippen molar-refractivity contribution in [1.29, 1.82) is 0 Å². The van der Waals surface area contributed by atoms with Crippen molar-refractivity contribution in [3.8, 4) is 11.5 Å². The molecule has 27 heavy (non-hydrogen) atoms. The predicted molar refractivity (Wildman–Crippen MR) is 108 cm³/mol. The molecule has 0 aliphatic carbocycles. The van der Waals surface area contributed by atoms with E-state index in [1.165, 1.54) is 30.0 Å². The van der Waals surface area contributed by atoms with Gasteiger partial charge in [-0.2, -0.15) is 0 Å². The second kappa shape index (κ2) is 8.88. The fraction of sp³-hybridized carbons (Fsp3) is 0.211. The zero-order chi connectivity index (χ0) is 19.2. The minimum atomic E-state index is -0.243. The van der Waals surface area contributed by atoms with Crippen LogP contribution in [0.1, 0.15) is 19.6 Å². The molecule has 140 valence electrons. The van der Waals surface area contributed by atoms with Crippen LogP contribution >= 0.6 is 23.1 Å². The summed E-state index contributed by atoms with van der Waals surface area (Å²) < 4.78 is 5.68. The maximum absolute atomic E-state index is 12.4. The molecule has 2 N–H and O–H groups in total. The highest BCUT2D eigenvalue weighted by Crippen LogP contribution is 2.28. The van der Waals surface area contributed by atoms with Gasteiger partial charge < -0.3 is 15.1 Å². The molecule has 0 spiro atoms. The number of nitrogens with one attached hydrogen (secondary N) is 2. The van der Waals surface area contributed by atoms with Crippen molar-refractivity contribution in [2.75, 3.05) is 5.32 Å². The fourth-order valence-electron chi connectivity index (χ4n) is 2.23. The Morgan fingerprint density at radius 1 is 1.22 bits per heavy atom. The number of hydrogen-bond donors (Lipinski definition) is 2. The van der Waals surface area contributed by atoms with E-state index in [0.29, 0.717) is 28.9 Å². The molecule has 3 aromatic rings. The first-order valence-electron chi connectivity index (χ1n) is 8.33. The molecule has 0 aliphatic rings. The first-order valence-corrected chi connectivity index (χ1v) is 10.1. The van der Waals surface area contributed by atoms with Gasteiger partial charge in [-0.25, -0.2) is 4.98 Å². The van der Waals surface area contributed by atoms with Crippen molar-refractivity contribution in [3.05, 3.63) is 53.6 Å². The van der Waals surface area contributed by atoms with Gasteiger partial charge in [0.25, 0.3) is 0 Å². The minimum Gasteiger partial charge on any atom is -0.458 e. The Kier molecular flexibility index (Phi) is 6.31. The molecule has 2 amide bonds. The lowest BCUT2D eigenvalue weighted by Crippen LogP contribution is -2.22. The number of benzene rings is 1. The Morgan fingerprint density at radius 3 is 2.74 bits per heavy atom. The zero-order valence-electron chi connectivity index (χ0n) is 14.9. The summed E-state index contributed by atoms with van der Waals surface area (Å²) in [6.45, 7) is 3.65. The topological polar surface area (TPSA) is 84.2 Å². The zero-order valence-corrected chi connectivity index (χ0v) is 16.5.